The van der Waals surface area contributed by atoms with Gasteiger partial charge < -0.3 is 4.74 Å². The topological polar surface area (TPSA) is 87.0 Å². The zero-order valence-electron chi connectivity index (χ0n) is 11.2. The summed E-state index contributed by atoms with van der Waals surface area (Å²) in [5, 5.41) is 11.7. The zero-order chi connectivity index (χ0) is 14.5. The molecule has 0 amide bonds. The summed E-state index contributed by atoms with van der Waals surface area (Å²) in [7, 11) is 0. The number of ether oxygens (including phenoxy) is 1. The van der Waals surface area contributed by atoms with Gasteiger partial charge in [0.15, 0.2) is 12.3 Å². The number of hydrogen-bond acceptors (Lipinski definition) is 6. The molecule has 0 unspecified atom stereocenters. The molecule has 1 aromatic carbocycles. The zero-order valence-corrected chi connectivity index (χ0v) is 11.2. The van der Waals surface area contributed by atoms with Crippen molar-refractivity contribution in [2.45, 2.75) is 20.4 Å². The molecule has 0 N–H and O–H groups in total. The van der Waals surface area contributed by atoms with Gasteiger partial charge in [0.25, 0.3) is 0 Å². The Balaban J connectivity index is 2.00. The van der Waals surface area contributed by atoms with E-state index in [2.05, 4.69) is 15.4 Å². The van der Waals surface area contributed by atoms with Crippen LogP contribution >= 0.6 is 0 Å². The number of carbonyl (C=O) groups is 2. The molecule has 7 heteroatoms. The molecule has 0 radical (unpaired) electrons. The Morgan fingerprint density at radius 2 is 1.95 bits per heavy atom. The van der Waals surface area contributed by atoms with Crippen LogP contribution in [-0.2, 0) is 20.9 Å². The van der Waals surface area contributed by atoms with Crippen molar-refractivity contribution in [1.82, 2.24) is 20.2 Å². The number of esters is 1. The Morgan fingerprint density at radius 3 is 2.60 bits per heavy atom. The number of hydrogen-bond donors (Lipinski definition) is 0. The van der Waals surface area contributed by atoms with E-state index in [1.54, 1.807) is 0 Å². The Kier molecular flexibility index (Phi) is 4.19. The van der Waals surface area contributed by atoms with Crippen molar-refractivity contribution >= 4 is 11.8 Å². The van der Waals surface area contributed by atoms with Crippen molar-refractivity contribution in [1.29, 1.82) is 0 Å². The predicted molar refractivity (Wildman–Crippen MR) is 69.6 cm³/mol. The first-order valence-corrected chi connectivity index (χ1v) is 6.04. The molecule has 0 aliphatic rings. The van der Waals surface area contributed by atoms with Crippen LogP contribution in [0.15, 0.2) is 24.3 Å². The fraction of sp³-hybridized carbons (Fsp3) is 0.308. The van der Waals surface area contributed by atoms with Crippen molar-refractivity contribution in [3.8, 4) is 11.4 Å². The third kappa shape index (κ3) is 3.71. The van der Waals surface area contributed by atoms with Crippen LogP contribution in [0.25, 0.3) is 11.4 Å². The molecule has 20 heavy (non-hydrogen) atoms. The normalized spacial score (nSPS) is 10.3. The van der Waals surface area contributed by atoms with E-state index in [4.69, 9.17) is 4.74 Å². The number of Topliss-reactive ketones (excluding diaryl/α,β-unsaturated/α-hetero) is 1. The highest BCUT2D eigenvalue weighted by molar-refractivity contribution is 5.80. The van der Waals surface area contributed by atoms with E-state index >= 15 is 0 Å². The number of aryl methyl sites for hydroxylation is 1. The van der Waals surface area contributed by atoms with Gasteiger partial charge in [-0.25, -0.2) is 4.79 Å². The lowest BCUT2D eigenvalue weighted by Crippen LogP contribution is -2.18. The average molecular weight is 274 g/mol. The van der Waals surface area contributed by atoms with Crippen LogP contribution < -0.4 is 0 Å². The van der Waals surface area contributed by atoms with E-state index in [-0.39, 0.29) is 18.9 Å². The van der Waals surface area contributed by atoms with Gasteiger partial charge in [0.1, 0.15) is 6.61 Å². The quantitative estimate of drug-likeness (QED) is 0.749. The summed E-state index contributed by atoms with van der Waals surface area (Å²) in [6.07, 6.45) is 0. The molecule has 7 nitrogen and oxygen atoms in total. The molecule has 1 aromatic heterocycles. The molecule has 0 aliphatic heterocycles. The van der Waals surface area contributed by atoms with Crippen LogP contribution in [0.1, 0.15) is 12.5 Å². The molecule has 2 rings (SSSR count). The molecular formula is C13H14N4O3. The van der Waals surface area contributed by atoms with Gasteiger partial charge in [0.05, 0.1) is 0 Å². The van der Waals surface area contributed by atoms with E-state index in [1.807, 2.05) is 31.2 Å². The van der Waals surface area contributed by atoms with Crippen LogP contribution in [-0.4, -0.2) is 38.6 Å². The lowest BCUT2D eigenvalue weighted by molar-refractivity contribution is -0.148. The molecule has 0 fully saturated rings. The maximum Gasteiger partial charge on any atom is 0.330 e. The standard InChI is InChI=1S/C13H14N4O3/c1-9-3-5-11(6-4-9)13-14-16-17(15-13)7-12(19)20-8-10(2)18/h3-6H,7-8H2,1-2H3. The minimum atomic E-state index is -0.576. The monoisotopic (exact) mass is 274 g/mol. The van der Waals surface area contributed by atoms with E-state index < -0.39 is 5.97 Å². The summed E-state index contributed by atoms with van der Waals surface area (Å²) in [5.74, 6) is -0.359. The SMILES string of the molecule is CC(=O)COC(=O)Cn1nnc(-c2ccc(C)cc2)n1. The molecule has 0 atom stereocenters. The van der Waals surface area contributed by atoms with Gasteiger partial charge in [-0.15, -0.1) is 10.2 Å². The van der Waals surface area contributed by atoms with Gasteiger partial charge in [0.2, 0.25) is 5.82 Å². The number of aromatic nitrogens is 4. The van der Waals surface area contributed by atoms with E-state index in [0.29, 0.717) is 5.82 Å². The molecule has 0 bridgehead atoms. The molecule has 0 aliphatic carbocycles. The van der Waals surface area contributed by atoms with E-state index in [0.717, 1.165) is 15.9 Å². The Bertz CT molecular complexity index is 619. The Morgan fingerprint density at radius 1 is 1.25 bits per heavy atom. The summed E-state index contributed by atoms with van der Waals surface area (Å²) < 4.78 is 4.72. The lowest BCUT2D eigenvalue weighted by atomic mass is 10.1. The fourth-order valence-electron chi connectivity index (χ4n) is 1.47. The number of carbonyl (C=O) groups excluding carboxylic acids is 2. The first-order valence-electron chi connectivity index (χ1n) is 6.04. The van der Waals surface area contributed by atoms with E-state index in [9.17, 15) is 9.59 Å². The van der Waals surface area contributed by atoms with Gasteiger partial charge in [-0.3, -0.25) is 4.79 Å². The fourth-order valence-corrected chi connectivity index (χ4v) is 1.47. The molecule has 2 aromatic rings. The maximum absolute atomic E-state index is 11.4. The summed E-state index contributed by atoms with van der Waals surface area (Å²) in [4.78, 5) is 23.2. The Hall–Kier alpha value is -2.57. The molecule has 0 saturated carbocycles. The average Bonchev–Trinajstić information content (AvgIpc) is 2.85. The third-order valence-electron chi connectivity index (χ3n) is 2.47. The molecule has 0 saturated heterocycles. The summed E-state index contributed by atoms with van der Waals surface area (Å²) in [6.45, 7) is 2.92. The smallest absolute Gasteiger partial charge is 0.330 e. The molecule has 0 spiro atoms. The number of benzene rings is 1. The molecule has 104 valence electrons. The summed E-state index contributed by atoms with van der Waals surface area (Å²) in [6, 6.07) is 7.64. The number of tetrazole rings is 1. The van der Waals surface area contributed by atoms with Gasteiger partial charge in [-0.2, -0.15) is 4.80 Å². The van der Waals surface area contributed by atoms with Crippen LogP contribution in [0.2, 0.25) is 0 Å². The van der Waals surface area contributed by atoms with Crippen LogP contribution in [0.4, 0.5) is 0 Å². The van der Waals surface area contributed by atoms with Crippen molar-refractivity contribution in [3.05, 3.63) is 29.8 Å². The summed E-state index contributed by atoms with van der Waals surface area (Å²) in [5.41, 5.74) is 1.95. The predicted octanol–water partition coefficient (Wildman–Crippen LogP) is 0.781. The lowest BCUT2D eigenvalue weighted by Gasteiger charge is -2.00. The second-order valence-corrected chi connectivity index (χ2v) is 4.37. The van der Waals surface area contributed by atoms with Crippen LogP contribution in [0.5, 0.6) is 0 Å². The highest BCUT2D eigenvalue weighted by atomic mass is 16.5. The van der Waals surface area contributed by atoms with Crippen molar-refractivity contribution < 1.29 is 14.3 Å². The highest BCUT2D eigenvalue weighted by Gasteiger charge is 2.10. The largest absolute Gasteiger partial charge is 0.456 e. The van der Waals surface area contributed by atoms with Crippen molar-refractivity contribution in [2.75, 3.05) is 6.61 Å². The van der Waals surface area contributed by atoms with Crippen LogP contribution in [0.3, 0.4) is 0 Å². The van der Waals surface area contributed by atoms with Crippen molar-refractivity contribution in [3.63, 3.8) is 0 Å². The van der Waals surface area contributed by atoms with E-state index in [1.165, 1.54) is 6.92 Å². The number of nitrogens with zero attached hydrogens (tertiary/aromatic N) is 4. The van der Waals surface area contributed by atoms with Gasteiger partial charge in [-0.05, 0) is 19.1 Å². The molecular weight excluding hydrogens is 260 g/mol. The third-order valence-corrected chi connectivity index (χ3v) is 2.47. The van der Waals surface area contributed by atoms with Crippen LogP contribution in [0, 0.1) is 6.92 Å². The number of rotatable bonds is 5. The second kappa shape index (κ2) is 6.05. The Labute approximate surface area is 115 Å². The van der Waals surface area contributed by atoms with Crippen molar-refractivity contribution in [2.24, 2.45) is 0 Å². The first kappa shape index (κ1) is 13.9. The van der Waals surface area contributed by atoms with Gasteiger partial charge in [0, 0.05) is 5.56 Å². The number of ketones is 1. The molecule has 1 heterocycles. The van der Waals surface area contributed by atoms with Gasteiger partial charge >= 0.3 is 5.97 Å². The first-order chi connectivity index (χ1) is 9.54. The maximum atomic E-state index is 11.4. The minimum Gasteiger partial charge on any atom is -0.456 e. The summed E-state index contributed by atoms with van der Waals surface area (Å²) >= 11 is 0. The highest BCUT2D eigenvalue weighted by Crippen LogP contribution is 2.13. The second-order valence-electron chi connectivity index (χ2n) is 4.37. The minimum absolute atomic E-state index is 0.174. The van der Waals surface area contributed by atoms with Gasteiger partial charge in [-0.1, -0.05) is 29.8 Å².